The molecule has 8 heteroatoms. The summed E-state index contributed by atoms with van der Waals surface area (Å²) >= 11 is 0. The van der Waals surface area contributed by atoms with Crippen molar-refractivity contribution < 1.29 is 9.90 Å². The molecule has 5 aromatic rings. The van der Waals surface area contributed by atoms with Gasteiger partial charge in [-0.1, -0.05) is 48.5 Å². The second-order valence-corrected chi connectivity index (χ2v) is 6.39. The van der Waals surface area contributed by atoms with Crippen molar-refractivity contribution in [2.75, 3.05) is 0 Å². The molecule has 2 N–H and O–H groups in total. The molecular formula is C21H14N6O2. The molecule has 5 rings (SSSR count). The maximum Gasteiger partial charge on any atom is 0.372 e. The van der Waals surface area contributed by atoms with Crippen LogP contribution in [0.5, 0.6) is 0 Å². The van der Waals surface area contributed by atoms with E-state index < -0.39 is 5.97 Å². The van der Waals surface area contributed by atoms with Gasteiger partial charge < -0.3 is 5.11 Å². The summed E-state index contributed by atoms with van der Waals surface area (Å²) < 4.78 is 1.65. The minimum absolute atomic E-state index is 0.0221. The summed E-state index contributed by atoms with van der Waals surface area (Å²) in [7, 11) is 0. The number of hydrogen-bond acceptors (Lipinski definition) is 5. The Kier molecular flexibility index (Phi) is 3.87. The maximum absolute atomic E-state index is 11.7. The average Bonchev–Trinajstić information content (AvgIpc) is 3.42. The molecule has 2 aromatic heterocycles. The Bertz CT molecular complexity index is 1320. The number of aromatic nitrogens is 6. The van der Waals surface area contributed by atoms with E-state index in [0.29, 0.717) is 11.3 Å². The molecule has 0 saturated heterocycles. The molecule has 0 saturated carbocycles. The molecule has 0 bridgehead atoms. The number of aromatic carboxylic acids is 1. The van der Waals surface area contributed by atoms with Crippen molar-refractivity contribution in [1.82, 2.24) is 30.2 Å². The summed E-state index contributed by atoms with van der Waals surface area (Å²) in [5.74, 6) is -0.586. The van der Waals surface area contributed by atoms with E-state index in [1.54, 1.807) is 10.6 Å². The van der Waals surface area contributed by atoms with Crippen molar-refractivity contribution in [2.24, 2.45) is 0 Å². The molecular weight excluding hydrogens is 368 g/mol. The van der Waals surface area contributed by atoms with Gasteiger partial charge in [0, 0.05) is 11.3 Å². The Labute approximate surface area is 164 Å². The molecule has 0 aliphatic heterocycles. The van der Waals surface area contributed by atoms with Crippen LogP contribution in [0.15, 0.2) is 72.8 Å². The number of imidazole rings is 1. The molecule has 140 valence electrons. The number of nitrogens with zero attached hydrogens (tertiary/aromatic N) is 5. The van der Waals surface area contributed by atoms with Gasteiger partial charge in [-0.15, -0.1) is 10.2 Å². The highest BCUT2D eigenvalue weighted by molar-refractivity contribution is 5.91. The van der Waals surface area contributed by atoms with Gasteiger partial charge >= 0.3 is 5.97 Å². The number of nitrogens with one attached hydrogen (secondary N) is 1. The van der Waals surface area contributed by atoms with Gasteiger partial charge in [-0.05, 0) is 40.6 Å². The fourth-order valence-corrected chi connectivity index (χ4v) is 3.43. The quantitative estimate of drug-likeness (QED) is 0.492. The Balaban J connectivity index is 1.63. The van der Waals surface area contributed by atoms with Crippen LogP contribution in [0.3, 0.4) is 0 Å². The van der Waals surface area contributed by atoms with Gasteiger partial charge in [0.15, 0.2) is 0 Å². The van der Waals surface area contributed by atoms with Crippen LogP contribution in [0.1, 0.15) is 10.6 Å². The van der Waals surface area contributed by atoms with E-state index in [0.717, 1.165) is 27.9 Å². The van der Waals surface area contributed by atoms with Crippen molar-refractivity contribution in [2.45, 2.75) is 0 Å². The standard InChI is InChI=1S/C21H14N6O2/c28-21(29)20-22-17-7-3-4-8-18(17)27(20)14-11-9-13(10-12-14)15-5-1-2-6-16(15)19-23-25-26-24-19/h1-12H,(H,28,29)(H,23,24,25,26). The zero-order valence-corrected chi connectivity index (χ0v) is 15.0. The molecule has 0 fully saturated rings. The lowest BCUT2D eigenvalue weighted by atomic mass is 9.99. The normalized spacial score (nSPS) is 11.0. The van der Waals surface area contributed by atoms with Crippen molar-refractivity contribution in [1.29, 1.82) is 0 Å². The van der Waals surface area contributed by atoms with E-state index in [1.165, 1.54) is 0 Å². The fourth-order valence-electron chi connectivity index (χ4n) is 3.43. The first-order valence-corrected chi connectivity index (χ1v) is 8.87. The molecule has 0 aliphatic carbocycles. The van der Waals surface area contributed by atoms with Gasteiger partial charge in [-0.3, -0.25) is 4.57 Å². The van der Waals surface area contributed by atoms with Crippen LogP contribution in [0.2, 0.25) is 0 Å². The second-order valence-electron chi connectivity index (χ2n) is 6.39. The highest BCUT2D eigenvalue weighted by Gasteiger charge is 2.18. The number of benzene rings is 3. The number of aromatic amines is 1. The van der Waals surface area contributed by atoms with E-state index in [1.807, 2.05) is 66.7 Å². The number of carboxylic acids is 1. The minimum atomic E-state index is -1.08. The molecule has 2 heterocycles. The average molecular weight is 382 g/mol. The number of carbonyl (C=O) groups is 1. The van der Waals surface area contributed by atoms with E-state index in [-0.39, 0.29) is 5.82 Å². The van der Waals surface area contributed by atoms with Crippen LogP contribution in [0.4, 0.5) is 0 Å². The van der Waals surface area contributed by atoms with E-state index in [2.05, 4.69) is 25.6 Å². The topological polar surface area (TPSA) is 110 Å². The Morgan fingerprint density at radius 3 is 2.34 bits per heavy atom. The lowest BCUT2D eigenvalue weighted by molar-refractivity contribution is 0.0682. The summed E-state index contributed by atoms with van der Waals surface area (Å²) in [5, 5.41) is 23.8. The number of para-hydroxylation sites is 2. The van der Waals surface area contributed by atoms with Gasteiger partial charge in [0.1, 0.15) is 0 Å². The van der Waals surface area contributed by atoms with Crippen molar-refractivity contribution >= 4 is 17.0 Å². The highest BCUT2D eigenvalue weighted by atomic mass is 16.4. The number of tetrazole rings is 1. The third-order valence-electron chi connectivity index (χ3n) is 4.70. The lowest BCUT2D eigenvalue weighted by Crippen LogP contribution is -2.07. The summed E-state index contributed by atoms with van der Waals surface area (Å²) in [6.45, 7) is 0. The largest absolute Gasteiger partial charge is 0.475 e. The summed E-state index contributed by atoms with van der Waals surface area (Å²) in [6, 6.07) is 22.8. The number of rotatable bonds is 4. The van der Waals surface area contributed by atoms with E-state index >= 15 is 0 Å². The van der Waals surface area contributed by atoms with Crippen LogP contribution in [0, 0.1) is 0 Å². The summed E-state index contributed by atoms with van der Waals surface area (Å²) in [6.07, 6.45) is 0. The van der Waals surface area contributed by atoms with Crippen molar-refractivity contribution in [3.05, 3.63) is 78.6 Å². The lowest BCUT2D eigenvalue weighted by Gasteiger charge is -2.10. The Morgan fingerprint density at radius 1 is 0.897 bits per heavy atom. The monoisotopic (exact) mass is 382 g/mol. The Hall–Kier alpha value is -4.33. The second kappa shape index (κ2) is 6.68. The molecule has 0 amide bonds. The van der Waals surface area contributed by atoms with E-state index in [4.69, 9.17) is 0 Å². The zero-order valence-electron chi connectivity index (χ0n) is 15.0. The third kappa shape index (κ3) is 2.83. The number of hydrogen-bond donors (Lipinski definition) is 2. The number of fused-ring (bicyclic) bond motifs is 1. The summed E-state index contributed by atoms with van der Waals surface area (Å²) in [5.41, 5.74) is 4.86. The molecule has 0 aliphatic rings. The first-order valence-electron chi connectivity index (χ1n) is 8.87. The maximum atomic E-state index is 11.7. The van der Waals surface area contributed by atoms with Crippen LogP contribution in [-0.2, 0) is 0 Å². The summed E-state index contributed by atoms with van der Waals surface area (Å²) in [4.78, 5) is 16.0. The van der Waals surface area contributed by atoms with Crippen molar-refractivity contribution in [3.8, 4) is 28.2 Å². The smallest absolute Gasteiger partial charge is 0.372 e. The molecule has 8 nitrogen and oxygen atoms in total. The third-order valence-corrected chi connectivity index (χ3v) is 4.70. The van der Waals surface area contributed by atoms with E-state index in [9.17, 15) is 9.90 Å². The molecule has 0 spiro atoms. The van der Waals surface area contributed by atoms with Crippen LogP contribution in [0.25, 0.3) is 39.2 Å². The molecule has 3 aromatic carbocycles. The number of H-pyrrole nitrogens is 1. The molecule has 0 atom stereocenters. The van der Waals surface area contributed by atoms with Crippen molar-refractivity contribution in [3.63, 3.8) is 0 Å². The van der Waals surface area contributed by atoms with Crippen LogP contribution >= 0.6 is 0 Å². The first-order chi connectivity index (χ1) is 14.2. The van der Waals surface area contributed by atoms with Gasteiger partial charge in [0.2, 0.25) is 11.6 Å². The minimum Gasteiger partial charge on any atom is -0.475 e. The van der Waals surface area contributed by atoms with Crippen LogP contribution < -0.4 is 0 Å². The van der Waals surface area contributed by atoms with Gasteiger partial charge in [0.25, 0.3) is 0 Å². The van der Waals surface area contributed by atoms with Gasteiger partial charge in [0.05, 0.1) is 11.0 Å². The molecule has 0 unspecified atom stereocenters. The SMILES string of the molecule is O=C(O)c1nc2ccccc2n1-c1ccc(-c2ccccc2-c2nn[nH]n2)cc1. The zero-order chi connectivity index (χ0) is 19.8. The first kappa shape index (κ1) is 16.8. The molecule has 29 heavy (non-hydrogen) atoms. The number of carboxylic acid groups (broad SMARTS) is 1. The van der Waals surface area contributed by atoms with Crippen LogP contribution in [-0.4, -0.2) is 41.3 Å². The highest BCUT2D eigenvalue weighted by Crippen LogP contribution is 2.31. The molecule has 0 radical (unpaired) electrons. The predicted molar refractivity (Wildman–Crippen MR) is 107 cm³/mol. The predicted octanol–water partition coefficient (Wildman–Crippen LogP) is 3.57. The van der Waals surface area contributed by atoms with Gasteiger partial charge in [-0.2, -0.15) is 5.21 Å². The Morgan fingerprint density at radius 2 is 1.62 bits per heavy atom. The van der Waals surface area contributed by atoms with Gasteiger partial charge in [-0.25, -0.2) is 9.78 Å². The fraction of sp³-hybridized carbons (Fsp3) is 0.